The molecule has 0 bridgehead atoms. The number of carbonyl (C=O) groups is 3. The van der Waals surface area contributed by atoms with Gasteiger partial charge < -0.3 is 25.3 Å². The Labute approximate surface area is 166 Å². The van der Waals surface area contributed by atoms with E-state index in [-0.39, 0.29) is 16.3 Å². The van der Waals surface area contributed by atoms with Crippen LogP contribution in [0.3, 0.4) is 0 Å². The second-order valence-electron chi connectivity index (χ2n) is 5.49. The zero-order valence-corrected chi connectivity index (χ0v) is 16.0. The number of benzene rings is 2. The van der Waals surface area contributed by atoms with Gasteiger partial charge in [0.1, 0.15) is 0 Å². The molecule has 8 nitrogen and oxygen atoms in total. The Morgan fingerprint density at radius 1 is 1.11 bits per heavy atom. The zero-order valence-electron chi connectivity index (χ0n) is 15.3. The van der Waals surface area contributed by atoms with E-state index in [1.54, 1.807) is 6.92 Å². The molecule has 0 aromatic heterocycles. The summed E-state index contributed by atoms with van der Waals surface area (Å²) in [5.74, 6) is -1.27. The molecule has 0 aliphatic rings. The van der Waals surface area contributed by atoms with Gasteiger partial charge in [-0.1, -0.05) is 11.6 Å². The third-order valence-corrected chi connectivity index (χ3v) is 3.82. The summed E-state index contributed by atoms with van der Waals surface area (Å²) in [6.45, 7) is 1.65. The van der Waals surface area contributed by atoms with Crippen LogP contribution in [-0.2, 0) is 9.53 Å². The summed E-state index contributed by atoms with van der Waals surface area (Å²) in [6.07, 6.45) is 0. The van der Waals surface area contributed by atoms with Gasteiger partial charge in [0.2, 0.25) is 5.91 Å². The zero-order chi connectivity index (χ0) is 20.7. The third kappa shape index (κ3) is 5.37. The lowest BCUT2D eigenvalue weighted by molar-refractivity contribution is -0.119. The van der Waals surface area contributed by atoms with E-state index < -0.39 is 24.4 Å². The van der Waals surface area contributed by atoms with Crippen LogP contribution in [0, 0.1) is 0 Å². The van der Waals surface area contributed by atoms with Crippen molar-refractivity contribution in [2.75, 3.05) is 25.6 Å². The number of anilines is 1. The highest BCUT2D eigenvalue weighted by Crippen LogP contribution is 2.36. The molecule has 0 heterocycles. The second-order valence-corrected chi connectivity index (χ2v) is 5.90. The van der Waals surface area contributed by atoms with E-state index in [0.717, 1.165) is 0 Å². The number of primary amides is 1. The van der Waals surface area contributed by atoms with Gasteiger partial charge in [-0.15, -0.1) is 0 Å². The number of halogens is 1. The predicted molar refractivity (Wildman–Crippen MR) is 103 cm³/mol. The fraction of sp³-hybridized carbons (Fsp3) is 0.211. The predicted octanol–water partition coefficient (Wildman–Crippen LogP) is 2.64. The maximum Gasteiger partial charge on any atom is 0.338 e. The molecule has 0 spiro atoms. The van der Waals surface area contributed by atoms with Crippen molar-refractivity contribution in [2.45, 2.75) is 6.92 Å². The summed E-state index contributed by atoms with van der Waals surface area (Å²) < 4.78 is 15.5. The van der Waals surface area contributed by atoms with Gasteiger partial charge >= 0.3 is 5.97 Å². The highest BCUT2D eigenvalue weighted by molar-refractivity contribution is 6.32. The summed E-state index contributed by atoms with van der Waals surface area (Å²) in [7, 11) is 1.42. The lowest BCUT2D eigenvalue weighted by Gasteiger charge is -2.13. The van der Waals surface area contributed by atoms with E-state index in [1.165, 1.54) is 43.5 Å². The highest BCUT2D eigenvalue weighted by atomic mass is 35.5. The van der Waals surface area contributed by atoms with Gasteiger partial charge in [-0.25, -0.2) is 4.79 Å². The summed E-state index contributed by atoms with van der Waals surface area (Å²) >= 11 is 6.12. The molecule has 28 heavy (non-hydrogen) atoms. The van der Waals surface area contributed by atoms with Crippen molar-refractivity contribution in [1.29, 1.82) is 0 Å². The van der Waals surface area contributed by atoms with Crippen LogP contribution < -0.4 is 20.5 Å². The van der Waals surface area contributed by atoms with Gasteiger partial charge in [0.25, 0.3) is 5.91 Å². The number of hydrogen-bond acceptors (Lipinski definition) is 6. The van der Waals surface area contributed by atoms with Crippen LogP contribution in [0.5, 0.6) is 11.5 Å². The first-order valence-corrected chi connectivity index (χ1v) is 8.60. The Hall–Kier alpha value is -3.26. The van der Waals surface area contributed by atoms with Crippen molar-refractivity contribution in [2.24, 2.45) is 5.73 Å². The number of amides is 2. The monoisotopic (exact) mass is 406 g/mol. The SMILES string of the molecule is CCOc1c(Cl)cc(C(=O)OCC(=O)Nc2ccc(C(N)=O)cc2)cc1OC. The van der Waals surface area contributed by atoms with Crippen LogP contribution in [0.2, 0.25) is 5.02 Å². The minimum absolute atomic E-state index is 0.115. The Morgan fingerprint density at radius 3 is 2.36 bits per heavy atom. The molecule has 2 amide bonds. The summed E-state index contributed by atoms with van der Waals surface area (Å²) in [5.41, 5.74) is 6.00. The first-order chi connectivity index (χ1) is 13.3. The fourth-order valence-corrected chi connectivity index (χ4v) is 2.52. The van der Waals surface area contributed by atoms with Crippen molar-refractivity contribution >= 4 is 35.1 Å². The standard InChI is InChI=1S/C19H19ClN2O6/c1-3-27-17-14(20)8-12(9-15(17)26-2)19(25)28-10-16(23)22-13-6-4-11(5-7-13)18(21)24/h4-9H,3,10H2,1-2H3,(H2,21,24)(H,22,23). The van der Waals surface area contributed by atoms with Crippen LogP contribution >= 0.6 is 11.6 Å². The number of ether oxygens (including phenoxy) is 3. The summed E-state index contributed by atoms with van der Waals surface area (Å²) in [6, 6.07) is 8.75. The molecule has 9 heteroatoms. The van der Waals surface area contributed by atoms with Gasteiger partial charge in [-0.05, 0) is 43.3 Å². The molecule has 0 aliphatic heterocycles. The first kappa shape index (κ1) is 21.0. The quantitative estimate of drug-likeness (QED) is 0.651. The topological polar surface area (TPSA) is 117 Å². The molecule has 0 unspecified atom stereocenters. The molecule has 2 rings (SSSR count). The number of methoxy groups -OCH3 is 1. The summed E-state index contributed by atoms with van der Waals surface area (Å²) in [5, 5.41) is 2.72. The minimum atomic E-state index is -0.748. The number of rotatable bonds is 8. The first-order valence-electron chi connectivity index (χ1n) is 8.22. The van der Waals surface area contributed by atoms with Crippen LogP contribution in [0.25, 0.3) is 0 Å². The molecule has 0 saturated heterocycles. The van der Waals surface area contributed by atoms with Gasteiger partial charge in [-0.2, -0.15) is 0 Å². The number of carbonyl (C=O) groups excluding carboxylic acids is 3. The molecular formula is C19H19ClN2O6. The van der Waals surface area contributed by atoms with Crippen molar-refractivity contribution in [3.8, 4) is 11.5 Å². The second kappa shape index (κ2) is 9.61. The maximum atomic E-state index is 12.2. The average Bonchev–Trinajstić information content (AvgIpc) is 2.67. The van der Waals surface area contributed by atoms with E-state index in [0.29, 0.717) is 23.6 Å². The number of nitrogens with one attached hydrogen (secondary N) is 1. The van der Waals surface area contributed by atoms with Crippen LogP contribution in [0.15, 0.2) is 36.4 Å². The Bertz CT molecular complexity index is 883. The molecule has 0 aliphatic carbocycles. The molecule has 0 fully saturated rings. The lowest BCUT2D eigenvalue weighted by atomic mass is 10.2. The molecule has 0 radical (unpaired) electrons. The average molecular weight is 407 g/mol. The van der Waals surface area contributed by atoms with E-state index in [1.807, 2.05) is 0 Å². The smallest absolute Gasteiger partial charge is 0.338 e. The van der Waals surface area contributed by atoms with E-state index in [4.69, 9.17) is 31.5 Å². The molecule has 0 atom stereocenters. The Balaban J connectivity index is 1.98. The Kier molecular flexibility index (Phi) is 7.22. The third-order valence-electron chi connectivity index (χ3n) is 3.54. The normalized spacial score (nSPS) is 10.1. The number of esters is 1. The molecule has 148 valence electrons. The van der Waals surface area contributed by atoms with Gasteiger partial charge in [0.15, 0.2) is 18.1 Å². The van der Waals surface area contributed by atoms with Gasteiger partial charge in [0, 0.05) is 11.3 Å². The Morgan fingerprint density at radius 2 is 1.79 bits per heavy atom. The molecular weight excluding hydrogens is 388 g/mol. The lowest BCUT2D eigenvalue weighted by Crippen LogP contribution is -2.21. The largest absolute Gasteiger partial charge is 0.493 e. The van der Waals surface area contributed by atoms with Gasteiger partial charge in [0.05, 0.1) is 24.3 Å². The molecule has 0 saturated carbocycles. The van der Waals surface area contributed by atoms with Crippen molar-refractivity contribution in [1.82, 2.24) is 0 Å². The van der Waals surface area contributed by atoms with Crippen LogP contribution in [0.4, 0.5) is 5.69 Å². The van der Waals surface area contributed by atoms with Crippen LogP contribution in [0.1, 0.15) is 27.6 Å². The van der Waals surface area contributed by atoms with Crippen LogP contribution in [-0.4, -0.2) is 38.1 Å². The summed E-state index contributed by atoms with van der Waals surface area (Å²) in [4.78, 5) is 35.2. The van der Waals surface area contributed by atoms with Crippen molar-refractivity contribution < 1.29 is 28.6 Å². The van der Waals surface area contributed by atoms with Gasteiger partial charge in [-0.3, -0.25) is 9.59 Å². The van der Waals surface area contributed by atoms with Crippen molar-refractivity contribution in [3.63, 3.8) is 0 Å². The van der Waals surface area contributed by atoms with E-state index >= 15 is 0 Å². The fourth-order valence-electron chi connectivity index (χ4n) is 2.25. The minimum Gasteiger partial charge on any atom is -0.493 e. The van der Waals surface area contributed by atoms with E-state index in [9.17, 15) is 14.4 Å². The maximum absolute atomic E-state index is 12.2. The highest BCUT2D eigenvalue weighted by Gasteiger charge is 2.17. The molecule has 2 aromatic carbocycles. The molecule has 3 N–H and O–H groups in total. The number of hydrogen-bond donors (Lipinski definition) is 2. The van der Waals surface area contributed by atoms with E-state index in [2.05, 4.69) is 5.32 Å². The number of nitrogens with two attached hydrogens (primary N) is 1. The van der Waals surface area contributed by atoms with Crippen molar-refractivity contribution in [3.05, 3.63) is 52.5 Å². The molecule has 2 aromatic rings.